The average Bonchev–Trinajstić information content (AvgIpc) is 2.57. The third-order valence-corrected chi connectivity index (χ3v) is 3.65. The largest absolute Gasteiger partial charge is 0.480 e. The summed E-state index contributed by atoms with van der Waals surface area (Å²) in [5, 5.41) is 32.5. The quantitative estimate of drug-likeness (QED) is 0.255. The standard InChI is InChI=1S/C6H13NO2.C5H11NO2S.C3H7NO3/c1-3-4(2)5(7)6(8)9;1-9-3-2-4(6)5(7)8;4-2(1-5)3(6)7/h4-5H,3,7H2,1-2H3,(H,8,9);4H,2-3,6H2,1H3,(H,7,8);2,5H,1,4H2,(H,6,7)/t4-,5-;4-;2-/m000/s1. The van der Waals surface area contributed by atoms with Crippen molar-refractivity contribution in [2.45, 2.75) is 44.8 Å². The van der Waals surface area contributed by atoms with E-state index in [1.54, 1.807) is 11.8 Å². The molecule has 0 saturated heterocycles. The Morgan fingerprint density at radius 2 is 1.40 bits per heavy atom. The molecule has 11 heteroatoms. The molecule has 0 aromatic heterocycles. The van der Waals surface area contributed by atoms with E-state index in [4.69, 9.17) is 37.6 Å². The van der Waals surface area contributed by atoms with Crippen molar-refractivity contribution < 1.29 is 34.8 Å². The Balaban J connectivity index is -0.000000293. The maximum atomic E-state index is 10.2. The molecule has 10 N–H and O–H groups in total. The molecule has 0 heterocycles. The number of carbonyl (C=O) groups is 3. The van der Waals surface area contributed by atoms with Crippen LogP contribution < -0.4 is 17.2 Å². The molecule has 150 valence electrons. The molecule has 0 aliphatic heterocycles. The summed E-state index contributed by atoms with van der Waals surface area (Å²) in [6.45, 7) is 3.25. The van der Waals surface area contributed by atoms with Crippen LogP contribution in [0.5, 0.6) is 0 Å². The summed E-state index contributed by atoms with van der Waals surface area (Å²) in [4.78, 5) is 29.9. The lowest BCUT2D eigenvalue weighted by Crippen LogP contribution is -2.36. The molecule has 0 aliphatic rings. The zero-order valence-electron chi connectivity index (χ0n) is 14.8. The average molecular weight is 385 g/mol. The van der Waals surface area contributed by atoms with Crippen molar-refractivity contribution in [3.63, 3.8) is 0 Å². The number of aliphatic hydroxyl groups is 1. The highest BCUT2D eigenvalue weighted by Gasteiger charge is 2.17. The Morgan fingerprint density at radius 3 is 1.56 bits per heavy atom. The lowest BCUT2D eigenvalue weighted by Gasteiger charge is -2.11. The van der Waals surface area contributed by atoms with Gasteiger partial charge in [-0.2, -0.15) is 11.8 Å². The van der Waals surface area contributed by atoms with Gasteiger partial charge in [-0.25, -0.2) is 0 Å². The summed E-state index contributed by atoms with van der Waals surface area (Å²) in [5.41, 5.74) is 15.2. The van der Waals surface area contributed by atoms with Gasteiger partial charge in [0, 0.05) is 0 Å². The van der Waals surface area contributed by atoms with E-state index in [1.165, 1.54) is 0 Å². The molecule has 25 heavy (non-hydrogen) atoms. The van der Waals surface area contributed by atoms with Gasteiger partial charge in [-0.1, -0.05) is 20.3 Å². The molecule has 0 spiro atoms. The van der Waals surface area contributed by atoms with Crippen molar-refractivity contribution in [2.24, 2.45) is 23.1 Å². The second-order valence-corrected chi connectivity index (χ2v) is 6.09. The van der Waals surface area contributed by atoms with E-state index in [9.17, 15) is 14.4 Å². The van der Waals surface area contributed by atoms with Crippen LogP contribution >= 0.6 is 11.8 Å². The summed E-state index contributed by atoms with van der Waals surface area (Å²) >= 11 is 1.60. The maximum absolute atomic E-state index is 10.2. The molecule has 0 rings (SSSR count). The van der Waals surface area contributed by atoms with Crippen LogP contribution in [0.2, 0.25) is 0 Å². The highest BCUT2D eigenvalue weighted by atomic mass is 32.2. The van der Waals surface area contributed by atoms with Crippen LogP contribution in [0.4, 0.5) is 0 Å². The first kappa shape index (κ1) is 28.4. The van der Waals surface area contributed by atoms with E-state index in [0.29, 0.717) is 6.42 Å². The van der Waals surface area contributed by atoms with Gasteiger partial charge in [0.2, 0.25) is 0 Å². The summed E-state index contributed by atoms with van der Waals surface area (Å²) in [6.07, 6.45) is 3.29. The first-order valence-corrected chi connectivity index (χ1v) is 8.90. The number of aliphatic carboxylic acids is 3. The van der Waals surface area contributed by atoms with Gasteiger partial charge in [-0.3, -0.25) is 14.4 Å². The molecule has 0 unspecified atom stereocenters. The Kier molecular flexibility index (Phi) is 19.8. The third-order valence-electron chi connectivity index (χ3n) is 3.01. The number of carboxylic acids is 3. The highest BCUT2D eigenvalue weighted by Crippen LogP contribution is 2.04. The van der Waals surface area contributed by atoms with Crippen LogP contribution in [-0.4, -0.2) is 75.1 Å². The Morgan fingerprint density at radius 1 is 0.960 bits per heavy atom. The molecule has 0 fully saturated rings. The lowest BCUT2D eigenvalue weighted by atomic mass is 10.0. The van der Waals surface area contributed by atoms with Gasteiger partial charge in [0.15, 0.2) is 0 Å². The van der Waals surface area contributed by atoms with Gasteiger partial charge < -0.3 is 37.6 Å². The monoisotopic (exact) mass is 385 g/mol. The van der Waals surface area contributed by atoms with E-state index in [0.717, 1.165) is 12.2 Å². The number of thioether (sulfide) groups is 1. The SMILES string of the molecule is CC[C@H](C)[C@H](N)C(=O)O.CSCC[C@H](N)C(=O)O.N[C@@H](CO)C(=O)O. The maximum Gasteiger partial charge on any atom is 0.322 e. The number of rotatable bonds is 9. The number of nitrogens with two attached hydrogens (primary N) is 3. The topological polar surface area (TPSA) is 210 Å². The van der Waals surface area contributed by atoms with Gasteiger partial charge in [0.1, 0.15) is 18.1 Å². The fraction of sp³-hybridized carbons (Fsp3) is 0.786. The lowest BCUT2D eigenvalue weighted by molar-refractivity contribution is -0.140. The van der Waals surface area contributed by atoms with Crippen molar-refractivity contribution >= 4 is 29.7 Å². The van der Waals surface area contributed by atoms with Crippen LogP contribution in [0, 0.1) is 5.92 Å². The van der Waals surface area contributed by atoms with E-state index >= 15 is 0 Å². The van der Waals surface area contributed by atoms with Crippen molar-refractivity contribution in [3.05, 3.63) is 0 Å². The van der Waals surface area contributed by atoms with Gasteiger partial charge in [0.25, 0.3) is 0 Å². The second-order valence-electron chi connectivity index (χ2n) is 5.10. The Labute approximate surface area is 151 Å². The van der Waals surface area contributed by atoms with Crippen LogP contribution in [0.3, 0.4) is 0 Å². The van der Waals surface area contributed by atoms with Crippen molar-refractivity contribution in [1.29, 1.82) is 0 Å². The highest BCUT2D eigenvalue weighted by molar-refractivity contribution is 7.98. The predicted molar refractivity (Wildman–Crippen MR) is 96.4 cm³/mol. The molecule has 0 aromatic carbocycles. The zero-order valence-corrected chi connectivity index (χ0v) is 15.6. The molecule has 4 atom stereocenters. The van der Waals surface area contributed by atoms with Gasteiger partial charge in [-0.15, -0.1) is 0 Å². The molecular formula is C14H31N3O7S. The van der Waals surface area contributed by atoms with E-state index in [1.807, 2.05) is 20.1 Å². The number of hydrogen-bond donors (Lipinski definition) is 7. The number of hydrogen-bond acceptors (Lipinski definition) is 8. The molecule has 0 aliphatic carbocycles. The molecule has 0 amide bonds. The minimum Gasteiger partial charge on any atom is -0.480 e. The van der Waals surface area contributed by atoms with Gasteiger partial charge in [0.05, 0.1) is 6.61 Å². The third kappa shape index (κ3) is 18.8. The van der Waals surface area contributed by atoms with Gasteiger partial charge >= 0.3 is 17.9 Å². The molecular weight excluding hydrogens is 354 g/mol. The van der Waals surface area contributed by atoms with Crippen LogP contribution in [0.15, 0.2) is 0 Å². The predicted octanol–water partition coefficient (Wildman–Crippen LogP) is -1.01. The van der Waals surface area contributed by atoms with Crippen molar-refractivity contribution in [1.82, 2.24) is 0 Å². The van der Waals surface area contributed by atoms with E-state index < -0.39 is 42.6 Å². The second kappa shape index (κ2) is 17.4. The first-order chi connectivity index (χ1) is 11.5. The molecule has 0 saturated carbocycles. The van der Waals surface area contributed by atoms with Crippen LogP contribution in [0.25, 0.3) is 0 Å². The molecule has 0 aromatic rings. The first-order valence-electron chi connectivity index (χ1n) is 7.50. The number of aliphatic hydroxyl groups excluding tert-OH is 1. The fourth-order valence-corrected chi connectivity index (χ4v) is 1.43. The van der Waals surface area contributed by atoms with Crippen LogP contribution in [0.1, 0.15) is 26.7 Å². The number of carboxylic acid groups (broad SMARTS) is 3. The fourth-order valence-electron chi connectivity index (χ4n) is 0.944. The molecule has 10 nitrogen and oxygen atoms in total. The van der Waals surface area contributed by atoms with E-state index in [-0.39, 0.29) is 5.92 Å². The Bertz CT molecular complexity index is 385. The Hall–Kier alpha value is -1.40. The minimum absolute atomic E-state index is 0.0718. The smallest absolute Gasteiger partial charge is 0.322 e. The van der Waals surface area contributed by atoms with Crippen LogP contribution in [-0.2, 0) is 14.4 Å². The van der Waals surface area contributed by atoms with Gasteiger partial charge in [-0.05, 0) is 24.3 Å². The van der Waals surface area contributed by atoms with E-state index in [2.05, 4.69) is 0 Å². The molecule has 0 radical (unpaired) electrons. The van der Waals surface area contributed by atoms with Crippen molar-refractivity contribution in [2.75, 3.05) is 18.6 Å². The normalized spacial score (nSPS) is 14.5. The molecule has 0 bridgehead atoms. The van der Waals surface area contributed by atoms with Crippen molar-refractivity contribution in [3.8, 4) is 0 Å². The summed E-state index contributed by atoms with van der Waals surface area (Å²) in [6, 6.07) is -2.51. The summed E-state index contributed by atoms with van der Waals surface area (Å²) < 4.78 is 0. The summed E-state index contributed by atoms with van der Waals surface area (Å²) in [7, 11) is 0. The zero-order chi connectivity index (χ0) is 20.6. The minimum atomic E-state index is -1.18. The summed E-state index contributed by atoms with van der Waals surface area (Å²) in [5.74, 6) is -2.12.